The third-order valence-corrected chi connectivity index (χ3v) is 5.71. The zero-order chi connectivity index (χ0) is 23.4. The van der Waals surface area contributed by atoms with E-state index in [1.165, 1.54) is 12.1 Å². The number of nitrogens with zero attached hydrogens (tertiary/aromatic N) is 4. The summed E-state index contributed by atoms with van der Waals surface area (Å²) in [6, 6.07) is 17.9. The summed E-state index contributed by atoms with van der Waals surface area (Å²) in [7, 11) is 0. The van der Waals surface area contributed by atoms with Crippen molar-refractivity contribution < 1.29 is 14.5 Å². The second kappa shape index (κ2) is 9.89. The number of carbonyl (C=O) groups excluding carboxylic acids is 1. The number of carbonyl (C=O) groups is 1. The number of nitro benzene ring substituents is 1. The zero-order valence-electron chi connectivity index (χ0n) is 18.7. The van der Waals surface area contributed by atoms with Crippen LogP contribution in [0.5, 0.6) is 0 Å². The highest BCUT2D eigenvalue weighted by molar-refractivity contribution is 6.02. The third-order valence-electron chi connectivity index (χ3n) is 5.71. The molecule has 8 heteroatoms. The number of amides is 1. The van der Waals surface area contributed by atoms with Crippen molar-refractivity contribution in [3.63, 3.8) is 0 Å². The van der Waals surface area contributed by atoms with Crippen molar-refractivity contribution in [1.82, 2.24) is 15.0 Å². The van der Waals surface area contributed by atoms with E-state index in [2.05, 4.69) is 0 Å². The quantitative estimate of drug-likeness (QED) is 0.413. The van der Waals surface area contributed by atoms with E-state index in [9.17, 15) is 14.9 Å². The molecule has 8 nitrogen and oxygen atoms in total. The molecule has 0 aliphatic carbocycles. The van der Waals surface area contributed by atoms with E-state index in [4.69, 9.17) is 9.72 Å². The Kier molecular flexibility index (Phi) is 6.76. The van der Waals surface area contributed by atoms with Crippen molar-refractivity contribution in [2.75, 3.05) is 32.8 Å². The molecule has 0 atom stereocenters. The van der Waals surface area contributed by atoms with Gasteiger partial charge in [-0.1, -0.05) is 42.5 Å². The molecule has 0 bridgehead atoms. The number of benzene rings is 2. The van der Waals surface area contributed by atoms with Gasteiger partial charge in [-0.2, -0.15) is 0 Å². The number of rotatable bonds is 6. The molecule has 1 aromatic heterocycles. The Balaban J connectivity index is 1.84. The number of aryl methyl sites for hydroxylation is 1. The van der Waals surface area contributed by atoms with E-state index in [-0.39, 0.29) is 11.6 Å². The van der Waals surface area contributed by atoms with Crippen LogP contribution in [0.25, 0.3) is 22.4 Å². The normalized spacial score (nSPS) is 14.1. The van der Waals surface area contributed by atoms with Crippen LogP contribution in [0.4, 0.5) is 5.69 Å². The molecule has 0 spiro atoms. The smallest absolute Gasteiger partial charge is 0.270 e. The molecule has 1 aliphatic heterocycles. The summed E-state index contributed by atoms with van der Waals surface area (Å²) in [5, 5.41) is 15.0. The number of pyridine rings is 1. The Morgan fingerprint density at radius 1 is 1.09 bits per heavy atom. The molecular formula is C25H26N4O4. The van der Waals surface area contributed by atoms with Gasteiger partial charge >= 0.3 is 0 Å². The van der Waals surface area contributed by atoms with Gasteiger partial charge in [-0.15, -0.1) is 0 Å². The molecule has 2 aromatic carbocycles. The number of hydrogen-bond acceptors (Lipinski definition) is 6. The molecule has 1 aliphatic rings. The lowest BCUT2D eigenvalue weighted by Crippen LogP contribution is -2.51. The monoisotopic (exact) mass is 446 g/mol. The van der Waals surface area contributed by atoms with Gasteiger partial charge in [-0.05, 0) is 31.0 Å². The number of morpholine rings is 1. The van der Waals surface area contributed by atoms with Crippen LogP contribution in [0.15, 0.2) is 60.7 Å². The van der Waals surface area contributed by atoms with Crippen molar-refractivity contribution in [2.24, 2.45) is 0 Å². The summed E-state index contributed by atoms with van der Waals surface area (Å²) < 4.78 is 5.45. The summed E-state index contributed by atoms with van der Waals surface area (Å²) in [6.45, 7) is 6.76. The minimum Gasteiger partial charge on any atom is -0.379 e. The number of hydrazine groups is 1. The molecule has 1 saturated heterocycles. The third kappa shape index (κ3) is 4.76. The lowest BCUT2D eigenvalue weighted by molar-refractivity contribution is -0.384. The largest absolute Gasteiger partial charge is 0.379 e. The van der Waals surface area contributed by atoms with Gasteiger partial charge in [0.2, 0.25) is 0 Å². The second-order valence-electron chi connectivity index (χ2n) is 7.78. The predicted octanol–water partition coefficient (Wildman–Crippen LogP) is 4.34. The van der Waals surface area contributed by atoms with E-state index in [1.807, 2.05) is 55.3 Å². The highest BCUT2D eigenvalue weighted by Gasteiger charge is 2.28. The van der Waals surface area contributed by atoms with Crippen molar-refractivity contribution in [2.45, 2.75) is 13.8 Å². The van der Waals surface area contributed by atoms with Gasteiger partial charge in [-0.3, -0.25) is 24.9 Å². The van der Waals surface area contributed by atoms with E-state index < -0.39 is 4.92 Å². The molecular weight excluding hydrogens is 420 g/mol. The van der Waals surface area contributed by atoms with Crippen LogP contribution < -0.4 is 0 Å². The number of hydrogen-bond donors (Lipinski definition) is 0. The van der Waals surface area contributed by atoms with Gasteiger partial charge in [0.1, 0.15) is 0 Å². The van der Waals surface area contributed by atoms with Crippen molar-refractivity contribution in [3.8, 4) is 22.4 Å². The van der Waals surface area contributed by atoms with Gasteiger partial charge in [0.25, 0.3) is 11.6 Å². The first-order chi connectivity index (χ1) is 16.0. The summed E-state index contributed by atoms with van der Waals surface area (Å²) in [6.07, 6.45) is 0. The van der Waals surface area contributed by atoms with E-state index in [0.717, 1.165) is 11.1 Å². The maximum Gasteiger partial charge on any atom is 0.270 e. The van der Waals surface area contributed by atoms with Gasteiger partial charge in [-0.25, -0.2) is 5.01 Å². The summed E-state index contributed by atoms with van der Waals surface area (Å²) in [5.74, 6) is -0.117. The van der Waals surface area contributed by atoms with Crippen LogP contribution >= 0.6 is 0 Å². The molecule has 1 amide bonds. The lowest BCUT2D eigenvalue weighted by Gasteiger charge is -2.37. The Hall–Kier alpha value is -3.62. The first-order valence-electron chi connectivity index (χ1n) is 11.0. The van der Waals surface area contributed by atoms with Crippen LogP contribution in [-0.2, 0) is 4.74 Å². The fraction of sp³-hybridized carbons (Fsp3) is 0.280. The van der Waals surface area contributed by atoms with Crippen LogP contribution in [0, 0.1) is 17.0 Å². The fourth-order valence-corrected chi connectivity index (χ4v) is 4.11. The maximum absolute atomic E-state index is 13.8. The van der Waals surface area contributed by atoms with Crippen LogP contribution in [0.2, 0.25) is 0 Å². The van der Waals surface area contributed by atoms with Crippen molar-refractivity contribution in [3.05, 3.63) is 82.0 Å². The molecule has 33 heavy (non-hydrogen) atoms. The summed E-state index contributed by atoms with van der Waals surface area (Å²) in [5.41, 5.74) is 3.96. The predicted molar refractivity (Wildman–Crippen MR) is 126 cm³/mol. The summed E-state index contributed by atoms with van der Waals surface area (Å²) >= 11 is 0. The average molecular weight is 447 g/mol. The number of aromatic nitrogens is 1. The van der Waals surface area contributed by atoms with Crippen molar-refractivity contribution >= 4 is 11.6 Å². The molecule has 4 rings (SSSR count). The highest BCUT2D eigenvalue weighted by Crippen LogP contribution is 2.32. The SMILES string of the molecule is CCN(C(=O)c1c(-c2ccccc2)cc(-c2cccc([N+](=O)[O-])c2)nc1C)N1CCOCC1. The molecule has 2 heterocycles. The van der Waals surface area contributed by atoms with Gasteiger partial charge in [0.05, 0.1) is 35.1 Å². The molecule has 0 saturated carbocycles. The first kappa shape index (κ1) is 22.6. The van der Waals surface area contributed by atoms with E-state index in [1.54, 1.807) is 17.1 Å². The minimum absolute atomic E-state index is 0.00200. The topological polar surface area (TPSA) is 88.8 Å². The number of nitro groups is 1. The van der Waals surface area contributed by atoms with E-state index in [0.29, 0.717) is 55.4 Å². The molecule has 1 fully saturated rings. The Labute approximate surface area is 192 Å². The molecule has 0 radical (unpaired) electrons. The molecule has 0 unspecified atom stereocenters. The fourth-order valence-electron chi connectivity index (χ4n) is 4.11. The summed E-state index contributed by atoms with van der Waals surface area (Å²) in [4.78, 5) is 29.3. The second-order valence-corrected chi connectivity index (χ2v) is 7.78. The maximum atomic E-state index is 13.8. The zero-order valence-corrected chi connectivity index (χ0v) is 18.7. The molecule has 3 aromatic rings. The van der Waals surface area contributed by atoms with Crippen LogP contribution in [-0.4, -0.2) is 58.7 Å². The molecule has 0 N–H and O–H groups in total. The minimum atomic E-state index is -0.423. The number of ether oxygens (including phenoxy) is 1. The molecule has 170 valence electrons. The average Bonchev–Trinajstić information content (AvgIpc) is 2.85. The lowest BCUT2D eigenvalue weighted by atomic mass is 9.95. The Bertz CT molecular complexity index is 1160. The van der Waals surface area contributed by atoms with Gasteiger partial charge < -0.3 is 4.74 Å². The van der Waals surface area contributed by atoms with Gasteiger partial charge in [0, 0.05) is 37.3 Å². The highest BCUT2D eigenvalue weighted by atomic mass is 16.6. The van der Waals surface area contributed by atoms with E-state index >= 15 is 0 Å². The Morgan fingerprint density at radius 2 is 1.79 bits per heavy atom. The van der Waals surface area contributed by atoms with Crippen LogP contribution in [0.3, 0.4) is 0 Å². The van der Waals surface area contributed by atoms with Crippen molar-refractivity contribution in [1.29, 1.82) is 0 Å². The Morgan fingerprint density at radius 3 is 2.45 bits per heavy atom. The first-order valence-corrected chi connectivity index (χ1v) is 11.0. The number of non-ortho nitro benzene ring substituents is 1. The van der Waals surface area contributed by atoms with Crippen LogP contribution in [0.1, 0.15) is 23.0 Å². The standard InChI is InChI=1S/C25H26N4O4/c1-3-28(27-12-14-33-15-13-27)25(30)24-18(2)26-23(17-22(24)19-8-5-4-6-9-19)20-10-7-11-21(16-20)29(31)32/h4-11,16-17H,3,12-15H2,1-2H3. The van der Waals surface area contributed by atoms with Gasteiger partial charge in [0.15, 0.2) is 0 Å².